The van der Waals surface area contributed by atoms with Gasteiger partial charge in [0.25, 0.3) is 5.91 Å². The number of quaternary nitrogens is 1. The Hall–Kier alpha value is -5.32. The molecule has 292 valence electrons. The third-order valence-corrected chi connectivity index (χ3v) is 12.1. The number of aromatic amines is 1. The van der Waals surface area contributed by atoms with Crippen LogP contribution in [0.15, 0.2) is 22.2 Å². The zero-order valence-corrected chi connectivity index (χ0v) is 31.7. The number of nitrogen functional groups attached to an aromatic ring is 1. The number of aromatic carboxylic acids is 1. The van der Waals surface area contributed by atoms with Crippen molar-refractivity contribution in [2.45, 2.75) is 44.1 Å². The SMILES string of the molecule is CC(C)(O/N=C(\C(=O)C[C@@H]1C(=O)N2C(c3nn[nH]n3)=C(C[N+]3(CCNC(=O)c4cc(C(=O)O)c(O)c(O)c4Cl)CCCC3)CS[C@H]12)c1csc(N)n1)C(=O)O. The summed E-state index contributed by atoms with van der Waals surface area (Å²) >= 11 is 8.60. The van der Waals surface area contributed by atoms with Crippen LogP contribution >= 0.6 is 34.7 Å². The number of fused-ring (bicyclic) bond motifs is 1. The summed E-state index contributed by atoms with van der Waals surface area (Å²) in [7, 11) is 0. The highest BCUT2D eigenvalue weighted by molar-refractivity contribution is 8.00. The minimum atomic E-state index is -1.76. The number of carbonyl (C=O) groups excluding carboxylic acids is 3. The smallest absolute Gasteiger partial charge is 0.350 e. The molecule has 2 aromatic heterocycles. The number of thioether (sulfide) groups is 1. The van der Waals surface area contributed by atoms with Crippen LogP contribution in [0.25, 0.3) is 5.70 Å². The molecule has 0 spiro atoms. The summed E-state index contributed by atoms with van der Waals surface area (Å²) in [5.74, 6) is -6.52. The van der Waals surface area contributed by atoms with E-state index in [1.165, 1.54) is 31.0 Å². The van der Waals surface area contributed by atoms with Crippen molar-refractivity contribution in [3.8, 4) is 11.5 Å². The highest BCUT2D eigenvalue weighted by Crippen LogP contribution is 2.48. The van der Waals surface area contributed by atoms with E-state index >= 15 is 0 Å². The zero-order valence-electron chi connectivity index (χ0n) is 29.3. The number of amides is 2. The van der Waals surface area contributed by atoms with E-state index in [-0.39, 0.29) is 46.8 Å². The van der Waals surface area contributed by atoms with Crippen LogP contribution in [0.2, 0.25) is 5.02 Å². The molecule has 0 aliphatic carbocycles. The molecule has 0 bridgehead atoms. The first kappa shape index (κ1) is 39.4. The number of nitrogens with one attached hydrogen (secondary N) is 2. The Balaban J connectivity index is 1.20. The normalized spacial score (nSPS) is 19.5. The Morgan fingerprint density at radius 3 is 2.53 bits per heavy atom. The number of nitrogens with zero attached hydrogens (tertiary/aromatic N) is 7. The quantitative estimate of drug-likeness (QED) is 0.0376. The lowest BCUT2D eigenvalue weighted by Crippen LogP contribution is -2.61. The third-order valence-electron chi connectivity index (χ3n) is 9.63. The third kappa shape index (κ3) is 7.79. The molecule has 55 heavy (non-hydrogen) atoms. The standard InChI is InChI=1S/C32H35ClN10O10S2/c1-32(2,30(51)52)53-39-21(18-13-55-31(34)36-18)19(44)10-17-27(48)42-22(25-37-40-41-38-25)14(12-54-28(17)42)11-43(6-3-4-7-43)8-5-35-26(47)15-9-16(29(49)50)23(45)24(46)20(15)33/h9,13,17,28H,3-8,10-12H2,1-2H3,(H7-,34,35,36,37,38,39,40,41,44,45,46,47,49,50,51,52)/p+1/t17-,28-/m1/s1. The Bertz CT molecular complexity index is 2120. The molecule has 23 heteroatoms. The zero-order chi connectivity index (χ0) is 39.8. The number of aromatic nitrogens is 5. The van der Waals surface area contributed by atoms with E-state index in [1.807, 2.05) is 0 Å². The number of hydrogen-bond acceptors (Lipinski definition) is 16. The first-order valence-electron chi connectivity index (χ1n) is 16.8. The van der Waals surface area contributed by atoms with Crippen LogP contribution in [0, 0.1) is 5.92 Å². The lowest BCUT2D eigenvalue weighted by molar-refractivity contribution is -0.911. The number of carboxylic acid groups (broad SMARTS) is 2. The number of hydrogen-bond donors (Lipinski definition) is 7. The highest BCUT2D eigenvalue weighted by Gasteiger charge is 2.54. The number of phenolic OH excluding ortho intramolecular Hbond substituents is 1. The summed E-state index contributed by atoms with van der Waals surface area (Å²) in [4.78, 5) is 74.8. The topological polar surface area (TPSA) is 296 Å². The number of phenols is 2. The number of benzene rings is 1. The number of carbonyl (C=O) groups is 5. The molecule has 0 saturated carbocycles. The van der Waals surface area contributed by atoms with Crippen molar-refractivity contribution in [3.63, 3.8) is 0 Å². The number of ketones is 1. The number of aromatic hydroxyl groups is 2. The van der Waals surface area contributed by atoms with Crippen molar-refractivity contribution in [2.24, 2.45) is 11.1 Å². The molecule has 1 aromatic carbocycles. The van der Waals surface area contributed by atoms with Crippen molar-refractivity contribution in [1.82, 2.24) is 35.8 Å². The van der Waals surface area contributed by atoms with Gasteiger partial charge in [-0.1, -0.05) is 16.8 Å². The molecule has 8 N–H and O–H groups in total. The van der Waals surface area contributed by atoms with Crippen LogP contribution in [0.4, 0.5) is 5.13 Å². The number of anilines is 1. The van der Waals surface area contributed by atoms with E-state index in [4.69, 9.17) is 22.2 Å². The van der Waals surface area contributed by atoms with Gasteiger partial charge in [-0.15, -0.1) is 33.3 Å². The van der Waals surface area contributed by atoms with Gasteiger partial charge in [0.1, 0.15) is 17.8 Å². The summed E-state index contributed by atoms with van der Waals surface area (Å²) in [5, 5.41) is 60.7. The summed E-state index contributed by atoms with van der Waals surface area (Å²) < 4.78 is 0.532. The number of carboxylic acids is 2. The van der Waals surface area contributed by atoms with E-state index in [1.54, 1.807) is 4.90 Å². The minimum absolute atomic E-state index is 0.0911. The van der Waals surface area contributed by atoms with Crippen LogP contribution in [-0.2, 0) is 19.2 Å². The number of H-pyrrole nitrogens is 1. The van der Waals surface area contributed by atoms with Crippen LogP contribution in [0.3, 0.4) is 0 Å². The number of oxime groups is 1. The number of thiazole rings is 1. The average Bonchev–Trinajstić information content (AvgIpc) is 3.93. The average molecular weight is 820 g/mol. The van der Waals surface area contributed by atoms with Gasteiger partial charge < -0.3 is 40.8 Å². The van der Waals surface area contributed by atoms with Crippen molar-refractivity contribution in [2.75, 3.05) is 44.2 Å². The number of tetrazole rings is 1. The van der Waals surface area contributed by atoms with Crippen molar-refractivity contribution >= 4 is 80.8 Å². The molecule has 2 fully saturated rings. The molecule has 2 amide bonds. The van der Waals surface area contributed by atoms with Crippen LogP contribution < -0.4 is 11.1 Å². The second kappa shape index (κ2) is 15.4. The lowest BCUT2D eigenvalue weighted by Gasteiger charge is -2.50. The molecule has 3 aromatic rings. The molecule has 20 nitrogen and oxygen atoms in total. The summed E-state index contributed by atoms with van der Waals surface area (Å²) in [6.45, 7) is 5.12. The fourth-order valence-electron chi connectivity index (χ4n) is 6.68. The number of Topliss-reactive ketones (excluding diaryl/α,β-unsaturated/α-hetero) is 1. The minimum Gasteiger partial charge on any atom is -0.504 e. The molecule has 3 aliphatic rings. The van der Waals surface area contributed by atoms with Gasteiger partial charge in [-0.3, -0.25) is 19.3 Å². The Labute approximate surface area is 324 Å². The Morgan fingerprint density at radius 2 is 1.91 bits per heavy atom. The molecule has 0 unspecified atom stereocenters. The monoisotopic (exact) mass is 819 g/mol. The number of β-lactam (4-membered cyclic amide) rings is 1. The van der Waals surface area contributed by atoms with Gasteiger partial charge in [0, 0.05) is 36.0 Å². The van der Waals surface area contributed by atoms with Crippen molar-refractivity contribution < 1.29 is 53.7 Å². The maximum atomic E-state index is 13.9. The molecule has 5 heterocycles. The number of rotatable bonds is 15. The molecule has 2 saturated heterocycles. The van der Waals surface area contributed by atoms with Gasteiger partial charge >= 0.3 is 11.9 Å². The molecular weight excluding hydrogens is 784 g/mol. The fraction of sp³-hybridized carbons (Fsp3) is 0.438. The van der Waals surface area contributed by atoms with Gasteiger partial charge in [-0.2, -0.15) is 5.21 Å². The second-order valence-corrected chi connectivity index (χ2v) is 16.0. The van der Waals surface area contributed by atoms with Crippen LogP contribution in [0.1, 0.15) is 65.3 Å². The van der Waals surface area contributed by atoms with Gasteiger partial charge in [-0.05, 0) is 25.1 Å². The van der Waals surface area contributed by atoms with Crippen molar-refractivity contribution in [3.05, 3.63) is 44.7 Å². The van der Waals surface area contributed by atoms with E-state index < -0.39 is 62.6 Å². The number of likely N-dealkylation sites (tertiary alicyclic amines) is 1. The van der Waals surface area contributed by atoms with Gasteiger partial charge in [0.15, 0.2) is 28.1 Å². The lowest BCUT2D eigenvalue weighted by atomic mass is 9.89. The van der Waals surface area contributed by atoms with Gasteiger partial charge in [0.2, 0.25) is 17.3 Å². The van der Waals surface area contributed by atoms with Gasteiger partial charge in [0.05, 0.1) is 53.8 Å². The maximum absolute atomic E-state index is 13.9. The molecule has 6 rings (SSSR count). The van der Waals surface area contributed by atoms with Crippen LogP contribution in [-0.4, -0.2) is 140 Å². The highest BCUT2D eigenvalue weighted by atomic mass is 35.5. The predicted octanol–water partition coefficient (Wildman–Crippen LogP) is 1.53. The summed E-state index contributed by atoms with van der Waals surface area (Å²) in [6.07, 6.45) is 1.54. The number of nitrogens with two attached hydrogens (primary N) is 1. The molecule has 0 radical (unpaired) electrons. The summed E-state index contributed by atoms with van der Waals surface area (Å²) in [6, 6.07) is 0.897. The predicted molar refractivity (Wildman–Crippen MR) is 196 cm³/mol. The van der Waals surface area contributed by atoms with Gasteiger partial charge in [-0.25, -0.2) is 14.6 Å². The molecule has 2 atom stereocenters. The summed E-state index contributed by atoms with van der Waals surface area (Å²) in [5.41, 5.74) is 4.20. The van der Waals surface area contributed by atoms with Crippen LogP contribution in [0.5, 0.6) is 11.5 Å². The Kier molecular flexibility index (Phi) is 11.0. The first-order chi connectivity index (χ1) is 26.0. The first-order valence-corrected chi connectivity index (χ1v) is 19.1. The number of halogens is 1. The van der Waals surface area contributed by atoms with E-state index in [0.717, 1.165) is 48.9 Å². The Morgan fingerprint density at radius 1 is 1.18 bits per heavy atom. The maximum Gasteiger partial charge on any atom is 0.350 e. The fourth-order valence-corrected chi connectivity index (χ4v) is 8.86. The number of aliphatic carboxylic acids is 1. The van der Waals surface area contributed by atoms with Crippen molar-refractivity contribution in [1.29, 1.82) is 0 Å². The second-order valence-electron chi connectivity index (χ2n) is 13.7. The van der Waals surface area contributed by atoms with E-state index in [2.05, 4.69) is 36.1 Å². The van der Waals surface area contributed by atoms with E-state index in [9.17, 15) is 44.4 Å². The van der Waals surface area contributed by atoms with E-state index in [0.29, 0.717) is 29.0 Å². The molecule has 3 aliphatic heterocycles. The molecular formula is C32H36ClN10O10S2+. The largest absolute Gasteiger partial charge is 0.504 e.